The molecule has 2 heteroatoms. The van der Waals surface area contributed by atoms with E-state index in [2.05, 4.69) is 24.8 Å². The summed E-state index contributed by atoms with van der Waals surface area (Å²) in [6, 6.07) is 2.18. The Morgan fingerprint density at radius 1 is 1.00 bits per heavy atom. The molecule has 0 amide bonds. The minimum Gasteiger partial charge on any atom is -0.304 e. The summed E-state index contributed by atoms with van der Waals surface area (Å²) < 4.78 is 0. The van der Waals surface area contributed by atoms with Crippen molar-refractivity contribution in [3.8, 4) is 6.07 Å². The van der Waals surface area contributed by atoms with Gasteiger partial charge in [-0.25, -0.2) is 0 Å². The van der Waals surface area contributed by atoms with Crippen LogP contribution in [-0.4, -0.2) is 24.5 Å². The van der Waals surface area contributed by atoms with Crippen LogP contribution in [0.5, 0.6) is 0 Å². The number of rotatable bonds is 8. The van der Waals surface area contributed by atoms with Gasteiger partial charge in [0.15, 0.2) is 0 Å². The first kappa shape index (κ1) is 12.4. The van der Waals surface area contributed by atoms with Gasteiger partial charge in [0.05, 0.1) is 6.07 Å². The molecule has 0 saturated carbocycles. The molecule has 76 valence electrons. The third-order valence-electron chi connectivity index (χ3n) is 2.41. The van der Waals surface area contributed by atoms with E-state index < -0.39 is 0 Å². The minimum absolute atomic E-state index is 0.727. The van der Waals surface area contributed by atoms with Crippen molar-refractivity contribution >= 4 is 0 Å². The molecule has 0 aromatic carbocycles. The van der Waals surface area contributed by atoms with Crippen LogP contribution in [-0.2, 0) is 0 Å². The highest BCUT2D eigenvalue weighted by atomic mass is 15.1. The third kappa shape index (κ3) is 7.80. The van der Waals surface area contributed by atoms with E-state index in [4.69, 9.17) is 5.26 Å². The van der Waals surface area contributed by atoms with Crippen LogP contribution < -0.4 is 0 Å². The average molecular weight is 182 g/mol. The summed E-state index contributed by atoms with van der Waals surface area (Å²) >= 11 is 0. The van der Waals surface area contributed by atoms with Gasteiger partial charge < -0.3 is 4.90 Å². The van der Waals surface area contributed by atoms with Crippen LogP contribution in [0.2, 0.25) is 0 Å². The standard InChI is InChI=1S/C11H22N2/c1-3-13(4-2)11-9-7-5-6-8-10-12/h3-9,11H2,1-2H3. The molecular weight excluding hydrogens is 160 g/mol. The lowest BCUT2D eigenvalue weighted by Crippen LogP contribution is -2.23. The topological polar surface area (TPSA) is 27.0 Å². The Kier molecular flexibility index (Phi) is 9.13. The quantitative estimate of drug-likeness (QED) is 0.540. The van der Waals surface area contributed by atoms with Crippen LogP contribution in [0.3, 0.4) is 0 Å². The van der Waals surface area contributed by atoms with E-state index in [-0.39, 0.29) is 0 Å². The van der Waals surface area contributed by atoms with Crippen molar-refractivity contribution in [2.24, 2.45) is 0 Å². The molecule has 0 aromatic heterocycles. The van der Waals surface area contributed by atoms with Gasteiger partial charge in [-0.05, 0) is 32.5 Å². The molecule has 0 aliphatic rings. The maximum Gasteiger partial charge on any atom is 0.0621 e. The Labute approximate surface area is 82.5 Å². The van der Waals surface area contributed by atoms with Gasteiger partial charge in [-0.1, -0.05) is 26.7 Å². The number of hydrogen-bond donors (Lipinski definition) is 0. The molecule has 0 fully saturated rings. The van der Waals surface area contributed by atoms with Crippen molar-refractivity contribution in [1.82, 2.24) is 4.90 Å². The second kappa shape index (κ2) is 9.54. The molecule has 0 aliphatic carbocycles. The monoisotopic (exact) mass is 182 g/mol. The van der Waals surface area contributed by atoms with E-state index in [0.29, 0.717) is 0 Å². The lowest BCUT2D eigenvalue weighted by molar-refractivity contribution is 0.295. The van der Waals surface area contributed by atoms with Gasteiger partial charge in [-0.3, -0.25) is 0 Å². The molecule has 0 spiro atoms. The largest absolute Gasteiger partial charge is 0.304 e. The van der Waals surface area contributed by atoms with Gasteiger partial charge in [0, 0.05) is 6.42 Å². The Balaban J connectivity index is 3.11. The fourth-order valence-electron chi connectivity index (χ4n) is 1.43. The van der Waals surface area contributed by atoms with E-state index >= 15 is 0 Å². The molecule has 0 atom stereocenters. The average Bonchev–Trinajstić information content (AvgIpc) is 2.17. The van der Waals surface area contributed by atoms with Crippen LogP contribution in [0, 0.1) is 11.3 Å². The fraction of sp³-hybridized carbons (Fsp3) is 0.909. The molecule has 2 nitrogen and oxygen atoms in total. The first-order valence-electron chi connectivity index (χ1n) is 5.44. The number of nitrogens with zero attached hydrogens (tertiary/aromatic N) is 2. The lowest BCUT2D eigenvalue weighted by atomic mass is 10.1. The Hall–Kier alpha value is -0.550. The maximum atomic E-state index is 8.33. The molecule has 0 saturated heterocycles. The van der Waals surface area contributed by atoms with Gasteiger partial charge in [0.2, 0.25) is 0 Å². The van der Waals surface area contributed by atoms with Crippen LogP contribution in [0.25, 0.3) is 0 Å². The normalized spacial score (nSPS) is 10.3. The lowest BCUT2D eigenvalue weighted by Gasteiger charge is -2.17. The zero-order valence-electron chi connectivity index (χ0n) is 9.05. The SMILES string of the molecule is CCN(CC)CCCCCCC#N. The molecule has 0 radical (unpaired) electrons. The Morgan fingerprint density at radius 2 is 1.62 bits per heavy atom. The van der Waals surface area contributed by atoms with Crippen molar-refractivity contribution in [2.45, 2.75) is 46.0 Å². The van der Waals surface area contributed by atoms with Crippen LogP contribution in [0.4, 0.5) is 0 Å². The van der Waals surface area contributed by atoms with Gasteiger partial charge in [0.25, 0.3) is 0 Å². The molecule has 0 bridgehead atoms. The third-order valence-corrected chi connectivity index (χ3v) is 2.41. The summed E-state index contributed by atoms with van der Waals surface area (Å²) in [7, 11) is 0. The van der Waals surface area contributed by atoms with E-state index in [1.54, 1.807) is 0 Å². The zero-order valence-corrected chi connectivity index (χ0v) is 9.05. The summed E-state index contributed by atoms with van der Waals surface area (Å²) in [5, 5.41) is 8.33. The zero-order chi connectivity index (χ0) is 9.94. The molecule has 0 aromatic rings. The summed E-state index contributed by atoms with van der Waals surface area (Å²) in [5.74, 6) is 0. The first-order valence-corrected chi connectivity index (χ1v) is 5.44. The molecule has 0 aliphatic heterocycles. The van der Waals surface area contributed by atoms with Crippen molar-refractivity contribution in [2.75, 3.05) is 19.6 Å². The maximum absolute atomic E-state index is 8.33. The number of nitriles is 1. The van der Waals surface area contributed by atoms with Gasteiger partial charge in [-0.15, -0.1) is 0 Å². The minimum atomic E-state index is 0.727. The highest BCUT2D eigenvalue weighted by Crippen LogP contribution is 2.03. The molecule has 0 N–H and O–H groups in total. The Bertz CT molecular complexity index is 134. The first-order chi connectivity index (χ1) is 6.35. The van der Waals surface area contributed by atoms with E-state index in [0.717, 1.165) is 25.9 Å². The van der Waals surface area contributed by atoms with Crippen molar-refractivity contribution in [3.63, 3.8) is 0 Å². The van der Waals surface area contributed by atoms with E-state index in [1.807, 2.05) is 0 Å². The summed E-state index contributed by atoms with van der Waals surface area (Å²) in [4.78, 5) is 2.45. The number of unbranched alkanes of at least 4 members (excludes halogenated alkanes) is 4. The van der Waals surface area contributed by atoms with Crippen molar-refractivity contribution in [3.05, 3.63) is 0 Å². The van der Waals surface area contributed by atoms with E-state index in [1.165, 1.54) is 25.8 Å². The molecule has 0 rings (SSSR count). The second-order valence-corrected chi connectivity index (χ2v) is 3.35. The summed E-state index contributed by atoms with van der Waals surface area (Å²) in [6.45, 7) is 7.96. The van der Waals surface area contributed by atoms with Crippen LogP contribution in [0.1, 0.15) is 46.0 Å². The van der Waals surface area contributed by atoms with Crippen molar-refractivity contribution < 1.29 is 0 Å². The summed E-state index contributed by atoms with van der Waals surface area (Å²) in [6.07, 6.45) is 5.58. The van der Waals surface area contributed by atoms with Gasteiger partial charge >= 0.3 is 0 Å². The van der Waals surface area contributed by atoms with Gasteiger partial charge in [0.1, 0.15) is 0 Å². The van der Waals surface area contributed by atoms with Crippen molar-refractivity contribution in [1.29, 1.82) is 5.26 Å². The highest BCUT2D eigenvalue weighted by molar-refractivity contribution is 4.67. The smallest absolute Gasteiger partial charge is 0.0621 e. The van der Waals surface area contributed by atoms with Gasteiger partial charge in [-0.2, -0.15) is 5.26 Å². The van der Waals surface area contributed by atoms with E-state index in [9.17, 15) is 0 Å². The highest BCUT2D eigenvalue weighted by Gasteiger charge is 1.97. The molecule has 13 heavy (non-hydrogen) atoms. The second-order valence-electron chi connectivity index (χ2n) is 3.35. The molecule has 0 heterocycles. The predicted octanol–water partition coefficient (Wildman–Crippen LogP) is 2.80. The predicted molar refractivity (Wildman–Crippen MR) is 56.5 cm³/mol. The molecule has 0 unspecified atom stereocenters. The molecular formula is C11H22N2. The number of hydrogen-bond acceptors (Lipinski definition) is 2. The van der Waals surface area contributed by atoms with Crippen LogP contribution in [0.15, 0.2) is 0 Å². The summed E-state index contributed by atoms with van der Waals surface area (Å²) in [5.41, 5.74) is 0. The Morgan fingerprint density at radius 3 is 2.15 bits per heavy atom. The fourth-order valence-corrected chi connectivity index (χ4v) is 1.43. The van der Waals surface area contributed by atoms with Crippen LogP contribution >= 0.6 is 0 Å².